The third-order valence-electron chi connectivity index (χ3n) is 2.80. The first-order valence-electron chi connectivity index (χ1n) is 6.01. The molecule has 8 heteroatoms. The number of nitrogens with zero attached hydrogens (tertiary/aromatic N) is 3. The van der Waals surface area contributed by atoms with Crippen molar-refractivity contribution in [1.82, 2.24) is 14.5 Å². The van der Waals surface area contributed by atoms with Gasteiger partial charge in [-0.2, -0.15) is 0 Å². The Morgan fingerprint density at radius 2 is 2.33 bits per heavy atom. The summed E-state index contributed by atoms with van der Waals surface area (Å²) in [5, 5.41) is 9.38. The monoisotopic (exact) mass is 323 g/mol. The van der Waals surface area contributed by atoms with Crippen molar-refractivity contribution in [1.29, 1.82) is 0 Å². The van der Waals surface area contributed by atoms with Gasteiger partial charge in [0.2, 0.25) is 0 Å². The van der Waals surface area contributed by atoms with Crippen molar-refractivity contribution in [3.63, 3.8) is 0 Å². The van der Waals surface area contributed by atoms with E-state index in [0.717, 1.165) is 22.2 Å². The van der Waals surface area contributed by atoms with Gasteiger partial charge in [0.05, 0.1) is 28.8 Å². The van der Waals surface area contributed by atoms with Crippen LogP contribution in [0.4, 0.5) is 4.39 Å². The molecule has 0 saturated carbocycles. The van der Waals surface area contributed by atoms with Crippen LogP contribution in [0.3, 0.4) is 0 Å². The molecule has 0 aliphatic heterocycles. The molecule has 1 N–H and O–H groups in total. The number of halogens is 1. The first-order valence-corrected chi connectivity index (χ1v) is 7.88. The smallest absolute Gasteiger partial charge is 0.313 e. The third-order valence-corrected chi connectivity index (χ3v) is 4.52. The van der Waals surface area contributed by atoms with Gasteiger partial charge in [0.25, 0.3) is 0 Å². The van der Waals surface area contributed by atoms with Crippen LogP contribution in [0.25, 0.3) is 11.0 Å². The molecule has 0 amide bonds. The molecule has 3 aromatic rings. The number of hydrogen-bond acceptors (Lipinski definition) is 5. The van der Waals surface area contributed by atoms with Crippen LogP contribution in [0.1, 0.15) is 4.88 Å². The summed E-state index contributed by atoms with van der Waals surface area (Å²) < 4.78 is 15.2. The van der Waals surface area contributed by atoms with Crippen LogP contribution in [0.5, 0.6) is 0 Å². The zero-order valence-electron chi connectivity index (χ0n) is 10.7. The molecule has 21 heavy (non-hydrogen) atoms. The Balaban J connectivity index is 2.03. The van der Waals surface area contributed by atoms with E-state index >= 15 is 0 Å². The summed E-state index contributed by atoms with van der Waals surface area (Å²) in [5.41, 5.74) is 3.03. The fourth-order valence-corrected chi connectivity index (χ4v) is 3.26. The van der Waals surface area contributed by atoms with Crippen molar-refractivity contribution in [3.8, 4) is 0 Å². The van der Waals surface area contributed by atoms with Crippen LogP contribution in [-0.2, 0) is 11.3 Å². The molecule has 108 valence electrons. The highest BCUT2D eigenvalue weighted by atomic mass is 32.2. The second-order valence-electron chi connectivity index (χ2n) is 4.26. The molecule has 1 aromatic carbocycles. The molecule has 0 spiro atoms. The van der Waals surface area contributed by atoms with Crippen LogP contribution in [0.15, 0.2) is 35.1 Å². The Labute approximate surface area is 127 Å². The minimum absolute atomic E-state index is 0.0888. The van der Waals surface area contributed by atoms with Gasteiger partial charge >= 0.3 is 5.97 Å². The molecule has 0 radical (unpaired) electrons. The molecule has 0 bridgehead atoms. The average Bonchev–Trinajstić information content (AvgIpc) is 3.05. The van der Waals surface area contributed by atoms with Crippen LogP contribution in [0, 0.1) is 5.82 Å². The van der Waals surface area contributed by atoms with Gasteiger partial charge in [-0.3, -0.25) is 9.78 Å². The quantitative estimate of drug-likeness (QED) is 0.731. The maximum atomic E-state index is 13.3. The molecule has 0 saturated heterocycles. The molecule has 2 heterocycles. The number of carbonyl (C=O) groups is 1. The molecular weight excluding hydrogens is 313 g/mol. The molecule has 0 aliphatic carbocycles. The van der Waals surface area contributed by atoms with E-state index in [4.69, 9.17) is 5.11 Å². The lowest BCUT2D eigenvalue weighted by Gasteiger charge is -2.06. The number of carboxylic acids is 1. The van der Waals surface area contributed by atoms with Gasteiger partial charge in [-0.25, -0.2) is 9.37 Å². The molecule has 0 atom stereocenters. The molecule has 2 aromatic heterocycles. The lowest BCUT2D eigenvalue weighted by molar-refractivity contribution is -0.133. The van der Waals surface area contributed by atoms with E-state index in [-0.39, 0.29) is 11.6 Å². The van der Waals surface area contributed by atoms with Gasteiger partial charge in [0, 0.05) is 17.1 Å². The van der Waals surface area contributed by atoms with Gasteiger partial charge in [-0.1, -0.05) is 11.8 Å². The Hall–Kier alpha value is -1.93. The summed E-state index contributed by atoms with van der Waals surface area (Å²) in [7, 11) is 0. The average molecular weight is 323 g/mol. The van der Waals surface area contributed by atoms with E-state index in [9.17, 15) is 9.18 Å². The van der Waals surface area contributed by atoms with Crippen molar-refractivity contribution < 1.29 is 14.3 Å². The maximum Gasteiger partial charge on any atom is 0.313 e. The number of imidazole rings is 1. The minimum Gasteiger partial charge on any atom is -0.481 e. The van der Waals surface area contributed by atoms with Crippen molar-refractivity contribution in [2.75, 3.05) is 5.75 Å². The SMILES string of the molecule is O=C(O)CSc1nc2cc(F)ccc2n1Cc1cncs1. The zero-order valence-corrected chi connectivity index (χ0v) is 12.3. The van der Waals surface area contributed by atoms with E-state index < -0.39 is 5.97 Å². The Kier molecular flexibility index (Phi) is 3.89. The molecule has 0 aliphatic rings. The summed E-state index contributed by atoms with van der Waals surface area (Å²) in [4.78, 5) is 20.1. The summed E-state index contributed by atoms with van der Waals surface area (Å²) >= 11 is 2.63. The number of aliphatic carboxylic acids is 1. The third kappa shape index (κ3) is 3.06. The van der Waals surface area contributed by atoms with Gasteiger partial charge in [-0.05, 0) is 12.1 Å². The number of rotatable bonds is 5. The fraction of sp³-hybridized carbons (Fsp3) is 0.154. The van der Waals surface area contributed by atoms with Gasteiger partial charge < -0.3 is 9.67 Å². The molecule has 0 unspecified atom stereocenters. The Morgan fingerprint density at radius 1 is 1.48 bits per heavy atom. The maximum absolute atomic E-state index is 13.3. The largest absolute Gasteiger partial charge is 0.481 e. The van der Waals surface area contributed by atoms with E-state index in [2.05, 4.69) is 9.97 Å². The summed E-state index contributed by atoms with van der Waals surface area (Å²) in [6.07, 6.45) is 1.76. The summed E-state index contributed by atoms with van der Waals surface area (Å²) in [6, 6.07) is 4.38. The summed E-state index contributed by atoms with van der Waals surface area (Å²) in [6.45, 7) is 0.536. The standard InChI is InChI=1S/C13H10FN3O2S2/c14-8-1-2-11-10(3-8)16-13(20-6-12(18)19)17(11)5-9-4-15-7-21-9/h1-4,7H,5-6H2,(H,18,19). The number of thioether (sulfide) groups is 1. The normalized spacial score (nSPS) is 11.1. The Morgan fingerprint density at radius 3 is 3.05 bits per heavy atom. The minimum atomic E-state index is -0.914. The van der Waals surface area contributed by atoms with Gasteiger partial charge in [0.1, 0.15) is 5.82 Å². The number of carboxylic acid groups (broad SMARTS) is 1. The molecule has 0 fully saturated rings. The summed E-state index contributed by atoms with van der Waals surface area (Å²) in [5.74, 6) is -1.36. The number of fused-ring (bicyclic) bond motifs is 1. The van der Waals surface area contributed by atoms with Crippen molar-refractivity contribution >= 4 is 40.1 Å². The number of benzene rings is 1. The van der Waals surface area contributed by atoms with Gasteiger partial charge in [-0.15, -0.1) is 11.3 Å². The fourth-order valence-electron chi connectivity index (χ4n) is 1.95. The van der Waals surface area contributed by atoms with Crippen molar-refractivity contribution in [2.45, 2.75) is 11.7 Å². The van der Waals surface area contributed by atoms with Gasteiger partial charge in [0.15, 0.2) is 5.16 Å². The Bertz CT molecular complexity index is 786. The predicted octanol–water partition coefficient (Wildman–Crippen LogP) is 2.86. The highest BCUT2D eigenvalue weighted by Gasteiger charge is 2.14. The highest BCUT2D eigenvalue weighted by Crippen LogP contribution is 2.26. The van der Waals surface area contributed by atoms with Crippen LogP contribution in [-0.4, -0.2) is 31.4 Å². The first-order chi connectivity index (χ1) is 10.1. The highest BCUT2D eigenvalue weighted by molar-refractivity contribution is 7.99. The second kappa shape index (κ2) is 5.82. The number of thiazole rings is 1. The van der Waals surface area contributed by atoms with Crippen LogP contribution >= 0.6 is 23.1 Å². The van der Waals surface area contributed by atoms with E-state index in [1.807, 2.05) is 4.57 Å². The molecular formula is C13H10FN3O2S2. The lowest BCUT2D eigenvalue weighted by Crippen LogP contribution is -2.03. The van der Waals surface area contributed by atoms with E-state index in [1.54, 1.807) is 17.8 Å². The zero-order chi connectivity index (χ0) is 14.8. The molecule has 3 rings (SSSR count). The van der Waals surface area contributed by atoms with Crippen LogP contribution < -0.4 is 0 Å². The topological polar surface area (TPSA) is 68.0 Å². The number of hydrogen-bond donors (Lipinski definition) is 1. The lowest BCUT2D eigenvalue weighted by atomic mass is 10.3. The molecule has 5 nitrogen and oxygen atoms in total. The second-order valence-corrected chi connectivity index (χ2v) is 6.18. The first kappa shape index (κ1) is 14.0. The predicted molar refractivity (Wildman–Crippen MR) is 79.3 cm³/mol. The number of aromatic nitrogens is 3. The van der Waals surface area contributed by atoms with Crippen LogP contribution in [0.2, 0.25) is 0 Å². The van der Waals surface area contributed by atoms with E-state index in [1.165, 1.54) is 23.5 Å². The van der Waals surface area contributed by atoms with Crippen molar-refractivity contribution in [2.24, 2.45) is 0 Å². The van der Waals surface area contributed by atoms with Crippen molar-refractivity contribution in [3.05, 3.63) is 40.6 Å². The van der Waals surface area contributed by atoms with E-state index in [0.29, 0.717) is 17.2 Å².